The van der Waals surface area contributed by atoms with Gasteiger partial charge in [-0.2, -0.15) is 0 Å². The summed E-state index contributed by atoms with van der Waals surface area (Å²) in [5.74, 6) is 0.0562. The number of likely N-dealkylation sites (tertiary alicyclic amines) is 1. The lowest BCUT2D eigenvalue weighted by Crippen LogP contribution is -2.53. The van der Waals surface area contributed by atoms with Crippen molar-refractivity contribution in [2.75, 3.05) is 13.1 Å². The van der Waals surface area contributed by atoms with Gasteiger partial charge in [0, 0.05) is 13.1 Å². The number of piperidine rings is 1. The van der Waals surface area contributed by atoms with Crippen molar-refractivity contribution < 1.29 is 9.90 Å². The molecule has 1 heterocycles. The fourth-order valence-electron chi connectivity index (χ4n) is 3.34. The van der Waals surface area contributed by atoms with Crippen molar-refractivity contribution in [1.82, 2.24) is 4.90 Å². The first kappa shape index (κ1) is 14.7. The normalized spacial score (nSPS) is 27.6. The van der Waals surface area contributed by atoms with Crippen LogP contribution in [0.15, 0.2) is 0 Å². The summed E-state index contributed by atoms with van der Waals surface area (Å²) in [4.78, 5) is 15.0. The number of rotatable bonds is 2. The van der Waals surface area contributed by atoms with Crippen molar-refractivity contribution in [3.63, 3.8) is 0 Å². The van der Waals surface area contributed by atoms with E-state index in [1.807, 2.05) is 0 Å². The maximum Gasteiger partial charge on any atom is 0.235 e. The number of aliphatic hydroxyl groups excluding tert-OH is 1. The van der Waals surface area contributed by atoms with Crippen molar-refractivity contribution in [2.24, 2.45) is 11.1 Å². The monoisotopic (exact) mass is 284 g/mol. The third-order valence-electron chi connectivity index (χ3n) is 4.52. The molecule has 1 unspecified atom stereocenters. The summed E-state index contributed by atoms with van der Waals surface area (Å²) in [6.45, 7) is 1.16. The SMILES string of the molecule is NC(=S)C1(C(=O)N2CCCC(O)C2)CCCCCC1. The van der Waals surface area contributed by atoms with Gasteiger partial charge in [0.25, 0.3) is 0 Å². The molecule has 4 nitrogen and oxygen atoms in total. The molecule has 1 atom stereocenters. The molecule has 19 heavy (non-hydrogen) atoms. The minimum Gasteiger partial charge on any atom is -0.392 e. The summed E-state index contributed by atoms with van der Waals surface area (Å²) in [7, 11) is 0. The van der Waals surface area contributed by atoms with E-state index >= 15 is 0 Å². The van der Waals surface area contributed by atoms with Crippen LogP contribution in [0, 0.1) is 5.41 Å². The second-order valence-corrected chi connectivity index (χ2v) is 6.35. The average molecular weight is 284 g/mol. The van der Waals surface area contributed by atoms with Crippen LogP contribution in [0.4, 0.5) is 0 Å². The van der Waals surface area contributed by atoms with E-state index in [4.69, 9.17) is 18.0 Å². The van der Waals surface area contributed by atoms with E-state index in [1.165, 1.54) is 0 Å². The second kappa shape index (κ2) is 6.18. The minimum atomic E-state index is -0.650. The largest absolute Gasteiger partial charge is 0.392 e. The molecular weight excluding hydrogens is 260 g/mol. The first-order chi connectivity index (χ1) is 9.06. The van der Waals surface area contributed by atoms with Crippen LogP contribution in [0.2, 0.25) is 0 Å². The van der Waals surface area contributed by atoms with Crippen LogP contribution < -0.4 is 5.73 Å². The van der Waals surface area contributed by atoms with Crippen molar-refractivity contribution >= 4 is 23.1 Å². The molecule has 2 fully saturated rings. The quantitative estimate of drug-likeness (QED) is 0.597. The van der Waals surface area contributed by atoms with Crippen molar-refractivity contribution in [2.45, 2.75) is 57.5 Å². The standard InChI is InChI=1S/C14H24N2O2S/c15-12(19)14(7-3-1-2-4-8-14)13(18)16-9-5-6-11(17)10-16/h11,17H,1-10H2,(H2,15,19). The van der Waals surface area contributed by atoms with E-state index < -0.39 is 11.5 Å². The lowest BCUT2D eigenvalue weighted by atomic mass is 9.78. The lowest BCUT2D eigenvalue weighted by molar-refractivity contribution is -0.142. The molecule has 0 spiro atoms. The molecule has 0 aromatic carbocycles. The number of hydrogen-bond acceptors (Lipinski definition) is 3. The van der Waals surface area contributed by atoms with Crippen LogP contribution in [0.5, 0.6) is 0 Å². The number of aliphatic hydroxyl groups is 1. The van der Waals surface area contributed by atoms with Gasteiger partial charge in [0.2, 0.25) is 5.91 Å². The second-order valence-electron chi connectivity index (χ2n) is 5.91. The van der Waals surface area contributed by atoms with Gasteiger partial charge in [-0.25, -0.2) is 0 Å². The summed E-state index contributed by atoms with van der Waals surface area (Å²) in [6.07, 6.45) is 7.12. The highest BCUT2D eigenvalue weighted by atomic mass is 32.1. The van der Waals surface area contributed by atoms with Gasteiger partial charge < -0.3 is 15.7 Å². The lowest BCUT2D eigenvalue weighted by Gasteiger charge is -2.39. The van der Waals surface area contributed by atoms with E-state index in [-0.39, 0.29) is 5.91 Å². The van der Waals surface area contributed by atoms with Crippen LogP contribution >= 0.6 is 12.2 Å². The Morgan fingerprint density at radius 3 is 2.37 bits per heavy atom. The van der Waals surface area contributed by atoms with E-state index in [0.717, 1.165) is 57.9 Å². The third kappa shape index (κ3) is 3.08. The molecule has 1 amide bonds. The van der Waals surface area contributed by atoms with Gasteiger partial charge in [-0.3, -0.25) is 4.79 Å². The Balaban J connectivity index is 2.17. The molecule has 1 saturated heterocycles. The molecule has 1 aliphatic carbocycles. The Morgan fingerprint density at radius 1 is 1.21 bits per heavy atom. The molecule has 5 heteroatoms. The molecule has 0 aromatic rings. The fraction of sp³-hybridized carbons (Fsp3) is 0.857. The van der Waals surface area contributed by atoms with Crippen LogP contribution in [0.3, 0.4) is 0 Å². The Kier molecular flexibility index (Phi) is 4.79. The van der Waals surface area contributed by atoms with Gasteiger partial charge in [0.15, 0.2) is 0 Å². The number of nitrogens with two attached hydrogens (primary N) is 1. The zero-order chi connectivity index (χ0) is 13.9. The van der Waals surface area contributed by atoms with E-state index in [0.29, 0.717) is 11.5 Å². The highest BCUT2D eigenvalue weighted by molar-refractivity contribution is 7.80. The summed E-state index contributed by atoms with van der Waals surface area (Å²) in [6, 6.07) is 0. The van der Waals surface area contributed by atoms with Crippen LogP contribution in [0.1, 0.15) is 51.4 Å². The Bertz CT molecular complexity index is 351. The molecule has 108 valence electrons. The van der Waals surface area contributed by atoms with Gasteiger partial charge in [0.1, 0.15) is 0 Å². The van der Waals surface area contributed by atoms with Crippen molar-refractivity contribution in [1.29, 1.82) is 0 Å². The number of nitrogens with zero attached hydrogens (tertiary/aromatic N) is 1. The fourth-order valence-corrected chi connectivity index (χ4v) is 3.63. The van der Waals surface area contributed by atoms with Crippen LogP contribution in [-0.2, 0) is 4.79 Å². The van der Waals surface area contributed by atoms with Crippen molar-refractivity contribution in [3.8, 4) is 0 Å². The van der Waals surface area contributed by atoms with Crippen LogP contribution in [-0.4, -0.2) is 40.1 Å². The maximum atomic E-state index is 12.9. The van der Waals surface area contributed by atoms with Gasteiger partial charge in [-0.1, -0.05) is 37.9 Å². The maximum absolute atomic E-state index is 12.9. The van der Waals surface area contributed by atoms with Gasteiger partial charge in [-0.15, -0.1) is 0 Å². The Labute approximate surface area is 120 Å². The van der Waals surface area contributed by atoms with E-state index in [2.05, 4.69) is 0 Å². The number of thiocarbonyl (C=S) groups is 1. The summed E-state index contributed by atoms with van der Waals surface area (Å²) < 4.78 is 0. The summed E-state index contributed by atoms with van der Waals surface area (Å²) in [5.41, 5.74) is 5.29. The average Bonchev–Trinajstić information content (AvgIpc) is 2.64. The van der Waals surface area contributed by atoms with Gasteiger partial charge in [0.05, 0.1) is 16.5 Å². The molecule has 3 N–H and O–H groups in total. The zero-order valence-electron chi connectivity index (χ0n) is 11.4. The number of β-amino-alcohol motifs (C(OH)–C–C–N with tert-alkyl or cyclic N) is 1. The highest BCUT2D eigenvalue weighted by Gasteiger charge is 2.44. The predicted octanol–water partition coefficient (Wildman–Crippen LogP) is 1.60. The molecular formula is C14H24N2O2S. The Hall–Kier alpha value is -0.680. The molecule has 0 radical (unpaired) electrons. The minimum absolute atomic E-state index is 0.0562. The van der Waals surface area contributed by atoms with Crippen LogP contribution in [0.25, 0.3) is 0 Å². The number of amides is 1. The van der Waals surface area contributed by atoms with Gasteiger partial charge in [-0.05, 0) is 25.7 Å². The number of hydrogen-bond donors (Lipinski definition) is 2. The molecule has 2 rings (SSSR count). The number of carbonyl (C=O) groups is 1. The topological polar surface area (TPSA) is 66.6 Å². The first-order valence-corrected chi connectivity index (χ1v) is 7.74. The molecule has 1 aliphatic heterocycles. The molecule has 0 aromatic heterocycles. The highest BCUT2D eigenvalue weighted by Crippen LogP contribution is 2.38. The number of carbonyl (C=O) groups excluding carboxylic acids is 1. The third-order valence-corrected chi connectivity index (χ3v) is 4.91. The van der Waals surface area contributed by atoms with E-state index in [9.17, 15) is 9.90 Å². The van der Waals surface area contributed by atoms with Gasteiger partial charge >= 0.3 is 0 Å². The predicted molar refractivity (Wildman–Crippen MR) is 78.7 cm³/mol. The summed E-state index contributed by atoms with van der Waals surface area (Å²) in [5, 5.41) is 9.75. The zero-order valence-corrected chi connectivity index (χ0v) is 12.3. The Morgan fingerprint density at radius 2 is 1.84 bits per heavy atom. The molecule has 2 aliphatic rings. The first-order valence-electron chi connectivity index (χ1n) is 7.33. The van der Waals surface area contributed by atoms with Crippen molar-refractivity contribution in [3.05, 3.63) is 0 Å². The van der Waals surface area contributed by atoms with E-state index in [1.54, 1.807) is 4.90 Å². The smallest absolute Gasteiger partial charge is 0.235 e. The molecule has 0 bridgehead atoms. The molecule has 1 saturated carbocycles. The summed E-state index contributed by atoms with van der Waals surface area (Å²) >= 11 is 5.23.